The number of aliphatic hydroxyl groups is 2. The average molecular weight is 202 g/mol. The fourth-order valence-electron chi connectivity index (χ4n) is 1.79. The standard InChI is InChI=1S/C8H14N2O4/c11-5-4-9-14-8(7(5)13)10-3-1-2-6(10)12/h5,7-9,11,13H,1-4H2/t5-,7-,8-/m0/s1. The smallest absolute Gasteiger partial charge is 0.224 e. The maximum Gasteiger partial charge on any atom is 0.224 e. The first-order valence-corrected chi connectivity index (χ1v) is 4.74. The Balaban J connectivity index is 2.05. The predicted octanol–water partition coefficient (Wildman–Crippen LogP) is -1.81. The molecule has 2 aliphatic rings. The van der Waals surface area contributed by atoms with Crippen molar-refractivity contribution in [1.82, 2.24) is 10.4 Å². The van der Waals surface area contributed by atoms with Gasteiger partial charge in [0.1, 0.15) is 6.10 Å². The molecule has 3 atom stereocenters. The van der Waals surface area contributed by atoms with Crippen molar-refractivity contribution in [1.29, 1.82) is 0 Å². The summed E-state index contributed by atoms with van der Waals surface area (Å²) >= 11 is 0. The van der Waals surface area contributed by atoms with Gasteiger partial charge in [-0.05, 0) is 6.42 Å². The predicted molar refractivity (Wildman–Crippen MR) is 45.8 cm³/mol. The Bertz CT molecular complexity index is 235. The number of hydrogen-bond acceptors (Lipinski definition) is 5. The molecule has 0 aromatic heterocycles. The van der Waals surface area contributed by atoms with Crippen LogP contribution >= 0.6 is 0 Å². The van der Waals surface area contributed by atoms with Gasteiger partial charge in [0, 0.05) is 19.5 Å². The zero-order valence-electron chi connectivity index (χ0n) is 7.72. The molecule has 0 bridgehead atoms. The van der Waals surface area contributed by atoms with Crippen molar-refractivity contribution < 1.29 is 19.8 Å². The summed E-state index contributed by atoms with van der Waals surface area (Å²) < 4.78 is 0. The maximum absolute atomic E-state index is 11.4. The minimum absolute atomic E-state index is 0.0371. The molecule has 3 N–H and O–H groups in total. The Hall–Kier alpha value is -0.690. The summed E-state index contributed by atoms with van der Waals surface area (Å²) in [5.74, 6) is -0.0371. The van der Waals surface area contributed by atoms with Gasteiger partial charge < -0.3 is 15.1 Å². The summed E-state index contributed by atoms with van der Waals surface area (Å²) in [6.45, 7) is 0.759. The Kier molecular flexibility index (Phi) is 2.69. The summed E-state index contributed by atoms with van der Waals surface area (Å²) in [4.78, 5) is 17.9. The molecule has 6 heteroatoms. The number of nitrogens with zero attached hydrogens (tertiary/aromatic N) is 1. The van der Waals surface area contributed by atoms with Crippen LogP contribution in [0.1, 0.15) is 12.8 Å². The average Bonchev–Trinajstić information content (AvgIpc) is 2.57. The lowest BCUT2D eigenvalue weighted by atomic mass is 10.1. The summed E-state index contributed by atoms with van der Waals surface area (Å²) in [5, 5.41) is 19.0. The molecule has 0 aromatic carbocycles. The van der Waals surface area contributed by atoms with Crippen molar-refractivity contribution >= 4 is 5.91 Å². The number of carbonyl (C=O) groups is 1. The third kappa shape index (κ3) is 1.61. The largest absolute Gasteiger partial charge is 0.389 e. The molecule has 2 fully saturated rings. The minimum Gasteiger partial charge on any atom is -0.389 e. The molecular formula is C8H14N2O4. The van der Waals surface area contributed by atoms with Crippen molar-refractivity contribution in [3.63, 3.8) is 0 Å². The first kappa shape index (κ1) is 9.85. The Morgan fingerprint density at radius 2 is 2.29 bits per heavy atom. The number of nitrogens with one attached hydrogen (secondary N) is 1. The van der Waals surface area contributed by atoms with Gasteiger partial charge >= 0.3 is 0 Å². The van der Waals surface area contributed by atoms with Crippen molar-refractivity contribution in [2.45, 2.75) is 31.3 Å². The van der Waals surface area contributed by atoms with Gasteiger partial charge in [0.2, 0.25) is 5.91 Å². The summed E-state index contributed by atoms with van der Waals surface area (Å²) in [6.07, 6.45) is -1.40. The van der Waals surface area contributed by atoms with Crippen LogP contribution in [0.2, 0.25) is 0 Å². The molecule has 2 heterocycles. The van der Waals surface area contributed by atoms with Crippen LogP contribution in [0.3, 0.4) is 0 Å². The highest BCUT2D eigenvalue weighted by Crippen LogP contribution is 2.19. The van der Waals surface area contributed by atoms with Crippen LogP contribution in [-0.4, -0.2) is 52.5 Å². The highest BCUT2D eigenvalue weighted by molar-refractivity contribution is 5.78. The molecule has 2 rings (SSSR count). The lowest BCUT2D eigenvalue weighted by molar-refractivity contribution is -0.218. The highest BCUT2D eigenvalue weighted by Gasteiger charge is 2.39. The first-order chi connectivity index (χ1) is 6.70. The zero-order valence-corrected chi connectivity index (χ0v) is 7.72. The quantitative estimate of drug-likeness (QED) is 0.467. The van der Waals surface area contributed by atoms with Gasteiger partial charge in [-0.3, -0.25) is 9.63 Å². The summed E-state index contributed by atoms with van der Waals surface area (Å²) in [6, 6.07) is 0. The van der Waals surface area contributed by atoms with E-state index in [-0.39, 0.29) is 12.5 Å². The Labute approximate surface area is 81.4 Å². The second kappa shape index (κ2) is 3.82. The zero-order chi connectivity index (χ0) is 10.1. The van der Waals surface area contributed by atoms with Gasteiger partial charge in [-0.2, -0.15) is 5.48 Å². The molecule has 0 unspecified atom stereocenters. The van der Waals surface area contributed by atoms with E-state index in [1.165, 1.54) is 4.90 Å². The van der Waals surface area contributed by atoms with E-state index in [4.69, 9.17) is 4.84 Å². The van der Waals surface area contributed by atoms with Gasteiger partial charge in [-0.15, -0.1) is 0 Å². The number of amides is 1. The number of carbonyl (C=O) groups excluding carboxylic acids is 1. The summed E-state index contributed by atoms with van der Waals surface area (Å²) in [7, 11) is 0. The van der Waals surface area contributed by atoms with E-state index >= 15 is 0 Å². The van der Waals surface area contributed by atoms with Crippen LogP contribution in [0.25, 0.3) is 0 Å². The third-order valence-electron chi connectivity index (χ3n) is 2.60. The number of likely N-dealkylation sites (tertiary alicyclic amines) is 1. The van der Waals surface area contributed by atoms with Gasteiger partial charge in [0.15, 0.2) is 6.23 Å². The third-order valence-corrected chi connectivity index (χ3v) is 2.60. The maximum atomic E-state index is 11.4. The summed E-state index contributed by atoms with van der Waals surface area (Å²) in [5.41, 5.74) is 2.51. The number of β-amino-alcohol motifs (C(OH)–C–C–N with tert-alkyl or cyclic N) is 1. The second-order valence-corrected chi connectivity index (χ2v) is 3.61. The molecular weight excluding hydrogens is 188 g/mol. The van der Waals surface area contributed by atoms with Crippen molar-refractivity contribution in [2.24, 2.45) is 0 Å². The van der Waals surface area contributed by atoms with Crippen molar-refractivity contribution in [3.05, 3.63) is 0 Å². The van der Waals surface area contributed by atoms with Crippen LogP contribution < -0.4 is 5.48 Å². The fourth-order valence-corrected chi connectivity index (χ4v) is 1.79. The number of rotatable bonds is 1. The number of hydrogen-bond donors (Lipinski definition) is 3. The molecule has 14 heavy (non-hydrogen) atoms. The SMILES string of the molecule is O=C1CCCN1[C@H]1ONC[C@H](O)[C@@H]1O. The van der Waals surface area contributed by atoms with Crippen LogP contribution in [0.5, 0.6) is 0 Å². The Morgan fingerprint density at radius 3 is 2.93 bits per heavy atom. The van der Waals surface area contributed by atoms with Crippen LogP contribution in [0, 0.1) is 0 Å². The normalized spacial score (nSPS) is 39.1. The van der Waals surface area contributed by atoms with Crippen LogP contribution in [0.15, 0.2) is 0 Å². The van der Waals surface area contributed by atoms with Gasteiger partial charge in [-0.25, -0.2) is 0 Å². The first-order valence-electron chi connectivity index (χ1n) is 4.74. The monoisotopic (exact) mass is 202 g/mol. The van der Waals surface area contributed by atoms with Crippen LogP contribution in [0.4, 0.5) is 0 Å². The van der Waals surface area contributed by atoms with E-state index in [9.17, 15) is 15.0 Å². The highest BCUT2D eigenvalue weighted by atomic mass is 16.7. The fraction of sp³-hybridized carbons (Fsp3) is 0.875. The van der Waals surface area contributed by atoms with E-state index < -0.39 is 18.4 Å². The van der Waals surface area contributed by atoms with Crippen molar-refractivity contribution in [2.75, 3.05) is 13.1 Å². The van der Waals surface area contributed by atoms with E-state index in [2.05, 4.69) is 5.48 Å². The van der Waals surface area contributed by atoms with E-state index in [1.54, 1.807) is 0 Å². The molecule has 0 radical (unpaired) electrons. The minimum atomic E-state index is -1.03. The van der Waals surface area contributed by atoms with Crippen molar-refractivity contribution in [3.8, 4) is 0 Å². The molecule has 2 saturated heterocycles. The molecule has 6 nitrogen and oxygen atoms in total. The van der Waals surface area contributed by atoms with Gasteiger partial charge in [-0.1, -0.05) is 0 Å². The molecule has 2 aliphatic heterocycles. The topological polar surface area (TPSA) is 82.0 Å². The molecule has 0 aliphatic carbocycles. The van der Waals surface area contributed by atoms with E-state index in [1.807, 2.05) is 0 Å². The molecule has 0 spiro atoms. The molecule has 1 amide bonds. The second-order valence-electron chi connectivity index (χ2n) is 3.61. The van der Waals surface area contributed by atoms with E-state index in [0.717, 1.165) is 6.42 Å². The lowest BCUT2D eigenvalue weighted by Crippen LogP contribution is -2.59. The number of hydroxylamine groups is 1. The molecule has 0 aromatic rings. The molecule has 80 valence electrons. The van der Waals surface area contributed by atoms with Gasteiger partial charge in [0.25, 0.3) is 0 Å². The number of aliphatic hydroxyl groups excluding tert-OH is 2. The Morgan fingerprint density at radius 1 is 1.50 bits per heavy atom. The van der Waals surface area contributed by atoms with E-state index in [0.29, 0.717) is 13.0 Å². The molecule has 0 saturated carbocycles. The van der Waals surface area contributed by atoms with Gasteiger partial charge in [0.05, 0.1) is 6.10 Å². The van der Waals surface area contributed by atoms with Crippen LogP contribution in [-0.2, 0) is 9.63 Å². The lowest BCUT2D eigenvalue weighted by Gasteiger charge is -2.37.